The Labute approximate surface area is 121 Å². The standard InChI is InChI=1S/C17H25FN2/c1-2-14-5-6-17(16(18)13-14)20-11-7-15(8-12-20)19-9-3-4-10-19/h5-6,13,15H,2-4,7-12H2,1H3. The Kier molecular flexibility index (Phi) is 4.25. The van der Waals surface area contributed by atoms with Gasteiger partial charge in [0.15, 0.2) is 0 Å². The summed E-state index contributed by atoms with van der Waals surface area (Å²) in [4.78, 5) is 4.86. The topological polar surface area (TPSA) is 6.48 Å². The first-order valence-corrected chi connectivity index (χ1v) is 8.05. The van der Waals surface area contributed by atoms with Gasteiger partial charge in [-0.15, -0.1) is 0 Å². The summed E-state index contributed by atoms with van der Waals surface area (Å²) in [5, 5.41) is 0. The maximum absolute atomic E-state index is 14.2. The summed E-state index contributed by atoms with van der Waals surface area (Å²) >= 11 is 0. The molecule has 0 spiro atoms. The smallest absolute Gasteiger partial charge is 0.146 e. The van der Waals surface area contributed by atoms with Gasteiger partial charge in [-0.25, -0.2) is 4.39 Å². The van der Waals surface area contributed by atoms with Crippen LogP contribution in [0.2, 0.25) is 0 Å². The van der Waals surface area contributed by atoms with Crippen LogP contribution in [-0.4, -0.2) is 37.1 Å². The van der Waals surface area contributed by atoms with Crippen LogP contribution < -0.4 is 4.90 Å². The van der Waals surface area contributed by atoms with Crippen LogP contribution in [0.4, 0.5) is 10.1 Å². The molecular weight excluding hydrogens is 251 g/mol. The van der Waals surface area contributed by atoms with E-state index in [9.17, 15) is 4.39 Å². The average molecular weight is 276 g/mol. The maximum Gasteiger partial charge on any atom is 0.146 e. The fourth-order valence-corrected chi connectivity index (χ4v) is 3.61. The number of hydrogen-bond donors (Lipinski definition) is 0. The predicted molar refractivity (Wildman–Crippen MR) is 81.8 cm³/mol. The molecule has 0 atom stereocenters. The maximum atomic E-state index is 14.2. The fourth-order valence-electron chi connectivity index (χ4n) is 3.61. The van der Waals surface area contributed by atoms with Crippen molar-refractivity contribution in [1.29, 1.82) is 0 Å². The molecule has 2 saturated heterocycles. The Hall–Kier alpha value is -1.09. The van der Waals surface area contributed by atoms with Crippen LogP contribution in [0.5, 0.6) is 0 Å². The normalized spacial score (nSPS) is 21.6. The third-order valence-corrected chi connectivity index (χ3v) is 4.88. The lowest BCUT2D eigenvalue weighted by atomic mass is 10.0. The largest absolute Gasteiger partial charge is 0.369 e. The predicted octanol–water partition coefficient (Wildman–Crippen LogP) is 3.45. The Morgan fingerprint density at radius 3 is 2.40 bits per heavy atom. The van der Waals surface area contributed by atoms with E-state index in [1.807, 2.05) is 6.07 Å². The lowest BCUT2D eigenvalue weighted by Crippen LogP contribution is -2.44. The van der Waals surface area contributed by atoms with Gasteiger partial charge in [0.25, 0.3) is 0 Å². The summed E-state index contributed by atoms with van der Waals surface area (Å²) in [6.45, 7) is 6.58. The van der Waals surface area contributed by atoms with Crippen molar-refractivity contribution in [2.24, 2.45) is 0 Å². The molecule has 0 unspecified atom stereocenters. The zero-order valence-corrected chi connectivity index (χ0v) is 12.4. The number of hydrogen-bond acceptors (Lipinski definition) is 2. The van der Waals surface area contributed by atoms with Crippen molar-refractivity contribution in [3.05, 3.63) is 29.6 Å². The number of aryl methyl sites for hydroxylation is 1. The molecular formula is C17H25FN2. The lowest BCUT2D eigenvalue weighted by molar-refractivity contribution is 0.207. The highest BCUT2D eigenvalue weighted by Crippen LogP contribution is 2.27. The van der Waals surface area contributed by atoms with Crippen LogP contribution in [0.3, 0.4) is 0 Å². The molecule has 110 valence electrons. The number of benzene rings is 1. The Bertz CT molecular complexity index is 446. The lowest BCUT2D eigenvalue weighted by Gasteiger charge is -2.38. The van der Waals surface area contributed by atoms with E-state index in [2.05, 4.69) is 22.8 Å². The summed E-state index contributed by atoms with van der Waals surface area (Å²) in [6, 6.07) is 6.45. The van der Waals surface area contributed by atoms with Crippen LogP contribution in [0.15, 0.2) is 18.2 Å². The summed E-state index contributed by atoms with van der Waals surface area (Å²) in [7, 11) is 0. The molecule has 3 rings (SSSR count). The molecule has 1 aromatic carbocycles. The summed E-state index contributed by atoms with van der Waals surface area (Å²) < 4.78 is 14.2. The Balaban J connectivity index is 1.62. The van der Waals surface area contributed by atoms with E-state index in [1.165, 1.54) is 38.8 Å². The van der Waals surface area contributed by atoms with E-state index in [-0.39, 0.29) is 5.82 Å². The van der Waals surface area contributed by atoms with Crippen molar-refractivity contribution < 1.29 is 4.39 Å². The summed E-state index contributed by atoms with van der Waals surface area (Å²) in [6.07, 6.45) is 5.96. The number of rotatable bonds is 3. The highest BCUT2D eigenvalue weighted by Gasteiger charge is 2.27. The van der Waals surface area contributed by atoms with Crippen LogP contribution in [-0.2, 0) is 6.42 Å². The van der Waals surface area contributed by atoms with Gasteiger partial charge in [-0.2, -0.15) is 0 Å². The molecule has 3 heteroatoms. The van der Waals surface area contributed by atoms with E-state index in [1.54, 1.807) is 6.07 Å². The van der Waals surface area contributed by atoms with Gasteiger partial charge in [0.05, 0.1) is 5.69 Å². The SMILES string of the molecule is CCc1ccc(N2CCC(N3CCCC3)CC2)c(F)c1. The summed E-state index contributed by atoms with van der Waals surface area (Å²) in [5.41, 5.74) is 1.88. The van der Waals surface area contributed by atoms with E-state index in [4.69, 9.17) is 0 Å². The quantitative estimate of drug-likeness (QED) is 0.834. The van der Waals surface area contributed by atoms with Crippen molar-refractivity contribution in [3.8, 4) is 0 Å². The fraction of sp³-hybridized carbons (Fsp3) is 0.647. The zero-order chi connectivity index (χ0) is 13.9. The molecule has 0 radical (unpaired) electrons. The molecule has 20 heavy (non-hydrogen) atoms. The first kappa shape index (κ1) is 13.9. The van der Waals surface area contributed by atoms with Gasteiger partial charge in [0.1, 0.15) is 5.82 Å². The second-order valence-electron chi connectivity index (χ2n) is 6.10. The molecule has 0 N–H and O–H groups in total. The van der Waals surface area contributed by atoms with Gasteiger partial charge < -0.3 is 9.80 Å². The van der Waals surface area contributed by atoms with Crippen LogP contribution in [0, 0.1) is 5.82 Å². The number of likely N-dealkylation sites (tertiary alicyclic amines) is 1. The van der Waals surface area contributed by atoms with Gasteiger partial charge in [0, 0.05) is 19.1 Å². The Morgan fingerprint density at radius 1 is 1.10 bits per heavy atom. The molecule has 2 heterocycles. The molecule has 0 amide bonds. The van der Waals surface area contributed by atoms with Crippen LogP contribution >= 0.6 is 0 Å². The molecule has 0 saturated carbocycles. The van der Waals surface area contributed by atoms with E-state index < -0.39 is 0 Å². The van der Waals surface area contributed by atoms with Crippen LogP contribution in [0.1, 0.15) is 38.2 Å². The van der Waals surface area contributed by atoms with Crippen LogP contribution in [0.25, 0.3) is 0 Å². The number of piperidine rings is 1. The van der Waals surface area contributed by atoms with Crippen molar-refractivity contribution >= 4 is 5.69 Å². The number of halogens is 1. The molecule has 2 fully saturated rings. The highest BCUT2D eigenvalue weighted by molar-refractivity contribution is 5.49. The molecule has 0 aromatic heterocycles. The molecule has 0 aliphatic carbocycles. The molecule has 2 nitrogen and oxygen atoms in total. The van der Waals surface area contributed by atoms with E-state index in [0.717, 1.165) is 36.8 Å². The third-order valence-electron chi connectivity index (χ3n) is 4.88. The minimum absolute atomic E-state index is 0.0519. The molecule has 2 aliphatic rings. The third kappa shape index (κ3) is 2.83. The highest BCUT2D eigenvalue weighted by atomic mass is 19.1. The molecule has 0 bridgehead atoms. The van der Waals surface area contributed by atoms with Gasteiger partial charge in [-0.05, 0) is 62.9 Å². The van der Waals surface area contributed by atoms with E-state index in [0.29, 0.717) is 0 Å². The molecule has 2 aliphatic heterocycles. The van der Waals surface area contributed by atoms with Gasteiger partial charge >= 0.3 is 0 Å². The first-order chi connectivity index (χ1) is 9.78. The Morgan fingerprint density at radius 2 is 1.80 bits per heavy atom. The van der Waals surface area contributed by atoms with Crippen molar-refractivity contribution in [1.82, 2.24) is 4.90 Å². The average Bonchev–Trinajstić information content (AvgIpc) is 3.01. The van der Waals surface area contributed by atoms with Crippen molar-refractivity contribution in [2.75, 3.05) is 31.1 Å². The number of anilines is 1. The summed E-state index contributed by atoms with van der Waals surface area (Å²) in [5.74, 6) is -0.0519. The van der Waals surface area contributed by atoms with E-state index >= 15 is 0 Å². The minimum Gasteiger partial charge on any atom is -0.369 e. The monoisotopic (exact) mass is 276 g/mol. The zero-order valence-electron chi connectivity index (χ0n) is 12.4. The molecule has 1 aromatic rings. The second-order valence-corrected chi connectivity index (χ2v) is 6.10. The minimum atomic E-state index is -0.0519. The van der Waals surface area contributed by atoms with Crippen molar-refractivity contribution in [2.45, 2.75) is 45.1 Å². The van der Waals surface area contributed by atoms with Crippen molar-refractivity contribution in [3.63, 3.8) is 0 Å². The van der Waals surface area contributed by atoms with Gasteiger partial charge in [-0.3, -0.25) is 0 Å². The number of nitrogens with zero attached hydrogens (tertiary/aromatic N) is 2. The van der Waals surface area contributed by atoms with Gasteiger partial charge in [0.2, 0.25) is 0 Å². The first-order valence-electron chi connectivity index (χ1n) is 8.05. The van der Waals surface area contributed by atoms with Gasteiger partial charge in [-0.1, -0.05) is 13.0 Å². The second kappa shape index (κ2) is 6.13.